The average Bonchev–Trinajstić information content (AvgIpc) is 2.07. The van der Waals surface area contributed by atoms with Crippen LogP contribution in [0, 0.1) is 11.8 Å². The van der Waals surface area contributed by atoms with Crippen LogP contribution in [0.2, 0.25) is 0 Å². The van der Waals surface area contributed by atoms with Gasteiger partial charge >= 0.3 is 0 Å². The van der Waals surface area contributed by atoms with E-state index in [1.54, 1.807) is 13.8 Å². The van der Waals surface area contributed by atoms with Crippen molar-refractivity contribution >= 4 is 0 Å². The van der Waals surface area contributed by atoms with Crippen molar-refractivity contribution in [1.82, 2.24) is 4.98 Å². The molecule has 14 heavy (non-hydrogen) atoms. The summed E-state index contributed by atoms with van der Waals surface area (Å²) in [7, 11) is 0. The Hall–Kier alpha value is -0.990. The highest BCUT2D eigenvalue weighted by molar-refractivity contribution is 5.22. The van der Waals surface area contributed by atoms with Crippen LogP contribution in [-0.4, -0.2) is 4.98 Å². The lowest BCUT2D eigenvalue weighted by molar-refractivity contribution is 0.512. The normalized spacial score (nSPS) is 11.4. The summed E-state index contributed by atoms with van der Waals surface area (Å²) in [5.74, 6) is -1.10. The molecule has 1 rings (SSSR count). The fourth-order valence-electron chi connectivity index (χ4n) is 1.30. The topological polar surface area (TPSA) is 12.9 Å². The maximum atomic E-state index is 13.4. The van der Waals surface area contributed by atoms with E-state index in [0.717, 1.165) is 0 Å². The second-order valence-corrected chi connectivity index (χ2v) is 4.04. The molecule has 0 aliphatic heterocycles. The van der Waals surface area contributed by atoms with Gasteiger partial charge in [0, 0.05) is 5.56 Å². The van der Waals surface area contributed by atoms with Crippen LogP contribution >= 0.6 is 0 Å². The van der Waals surface area contributed by atoms with Gasteiger partial charge in [0.2, 0.25) is 5.95 Å². The summed E-state index contributed by atoms with van der Waals surface area (Å²) >= 11 is 0. The molecule has 78 valence electrons. The Labute approximate surface area is 83.2 Å². The fraction of sp³-hybridized carbons (Fsp3) is 0.545. The minimum atomic E-state index is -0.551. The second-order valence-electron chi connectivity index (χ2n) is 4.04. The molecule has 0 aliphatic rings. The largest absolute Gasteiger partial charge is 0.221 e. The van der Waals surface area contributed by atoms with Gasteiger partial charge in [0.25, 0.3) is 0 Å². The van der Waals surface area contributed by atoms with Gasteiger partial charge in [-0.25, -0.2) is 9.37 Å². The summed E-state index contributed by atoms with van der Waals surface area (Å²) in [6.07, 6.45) is 0. The Bertz CT molecular complexity index is 299. The van der Waals surface area contributed by atoms with Crippen molar-refractivity contribution in [1.29, 1.82) is 0 Å². The third-order valence-electron chi connectivity index (χ3n) is 2.15. The number of hydrogen-bond acceptors (Lipinski definition) is 1. The molecule has 0 aromatic carbocycles. The molecule has 0 amide bonds. The number of nitrogens with zero attached hydrogens (tertiary/aromatic N) is 1. The highest BCUT2D eigenvalue weighted by Gasteiger charge is 2.15. The molecule has 0 saturated carbocycles. The first-order valence-corrected chi connectivity index (χ1v) is 4.79. The molecule has 0 radical (unpaired) electrons. The molecule has 0 unspecified atom stereocenters. The Kier molecular flexibility index (Phi) is 3.19. The van der Waals surface area contributed by atoms with Crippen molar-refractivity contribution in [2.24, 2.45) is 0 Å². The summed E-state index contributed by atoms with van der Waals surface area (Å²) < 4.78 is 26.8. The van der Waals surface area contributed by atoms with Gasteiger partial charge in [-0.1, -0.05) is 27.7 Å². The quantitative estimate of drug-likeness (QED) is 0.663. The molecular formula is C11H15F2N. The van der Waals surface area contributed by atoms with Gasteiger partial charge in [-0.05, 0) is 17.9 Å². The monoisotopic (exact) mass is 199 g/mol. The van der Waals surface area contributed by atoms with Gasteiger partial charge in [0.1, 0.15) is 5.82 Å². The summed E-state index contributed by atoms with van der Waals surface area (Å²) in [6.45, 7) is 7.21. The molecule has 0 fully saturated rings. The second kappa shape index (κ2) is 4.03. The van der Waals surface area contributed by atoms with Crippen molar-refractivity contribution < 1.29 is 8.78 Å². The van der Waals surface area contributed by atoms with E-state index in [4.69, 9.17) is 0 Å². The summed E-state index contributed by atoms with van der Waals surface area (Å²) in [5.41, 5.74) is 0.541. The van der Waals surface area contributed by atoms with E-state index in [2.05, 4.69) is 4.98 Å². The average molecular weight is 199 g/mol. The zero-order valence-corrected chi connectivity index (χ0v) is 8.94. The number of aromatic nitrogens is 1. The van der Waals surface area contributed by atoms with Crippen LogP contribution < -0.4 is 0 Å². The van der Waals surface area contributed by atoms with E-state index in [9.17, 15) is 8.78 Å². The van der Waals surface area contributed by atoms with Crippen LogP contribution in [0.5, 0.6) is 0 Å². The van der Waals surface area contributed by atoms with Crippen LogP contribution in [-0.2, 0) is 0 Å². The molecule has 1 heterocycles. The smallest absolute Gasteiger partial charge is 0.216 e. The molecule has 0 N–H and O–H groups in total. The molecular weight excluding hydrogens is 184 g/mol. The summed E-state index contributed by atoms with van der Waals surface area (Å²) in [6, 6.07) is 1.25. The first-order chi connectivity index (χ1) is 6.43. The summed E-state index contributed by atoms with van der Waals surface area (Å²) in [5, 5.41) is 0. The van der Waals surface area contributed by atoms with Gasteiger partial charge in [0.15, 0.2) is 0 Å². The van der Waals surface area contributed by atoms with E-state index in [1.165, 1.54) is 6.07 Å². The molecule has 1 aromatic heterocycles. The zero-order valence-electron chi connectivity index (χ0n) is 8.94. The van der Waals surface area contributed by atoms with E-state index in [1.807, 2.05) is 13.8 Å². The standard InChI is InChI=1S/C11H15F2N/c1-6(2)8-5-9(12)10(7(3)4)14-11(8)13/h5-7H,1-4H3. The third kappa shape index (κ3) is 2.08. The van der Waals surface area contributed by atoms with Gasteiger partial charge in [-0.2, -0.15) is 4.39 Å². The molecule has 0 spiro atoms. The molecule has 3 heteroatoms. The maximum Gasteiger partial charge on any atom is 0.216 e. The predicted molar refractivity (Wildman–Crippen MR) is 52.3 cm³/mol. The molecule has 0 bridgehead atoms. The Balaban J connectivity index is 3.24. The van der Waals surface area contributed by atoms with E-state index in [0.29, 0.717) is 5.56 Å². The SMILES string of the molecule is CC(C)c1cc(F)c(C(C)C)nc1F. The van der Waals surface area contributed by atoms with E-state index >= 15 is 0 Å². The Morgan fingerprint density at radius 2 is 1.64 bits per heavy atom. The van der Waals surface area contributed by atoms with Crippen molar-refractivity contribution in [3.63, 3.8) is 0 Å². The minimum absolute atomic E-state index is 0.0433. The number of pyridine rings is 1. The zero-order chi connectivity index (χ0) is 10.9. The lowest BCUT2D eigenvalue weighted by atomic mass is 10.0. The van der Waals surface area contributed by atoms with Crippen LogP contribution in [0.4, 0.5) is 8.78 Å². The molecule has 0 saturated heterocycles. The first-order valence-electron chi connectivity index (χ1n) is 4.79. The van der Waals surface area contributed by atoms with Crippen LogP contribution in [0.3, 0.4) is 0 Å². The van der Waals surface area contributed by atoms with Crippen molar-refractivity contribution in [3.05, 3.63) is 29.1 Å². The van der Waals surface area contributed by atoms with Gasteiger partial charge < -0.3 is 0 Å². The van der Waals surface area contributed by atoms with Gasteiger partial charge in [-0.3, -0.25) is 0 Å². The minimum Gasteiger partial charge on any atom is -0.221 e. The molecule has 0 atom stereocenters. The fourth-order valence-corrected chi connectivity index (χ4v) is 1.30. The van der Waals surface area contributed by atoms with Crippen molar-refractivity contribution in [2.45, 2.75) is 39.5 Å². The molecule has 1 nitrogen and oxygen atoms in total. The molecule has 0 aliphatic carbocycles. The van der Waals surface area contributed by atoms with Crippen LogP contribution in [0.15, 0.2) is 6.07 Å². The van der Waals surface area contributed by atoms with E-state index < -0.39 is 11.8 Å². The Morgan fingerprint density at radius 3 is 2.07 bits per heavy atom. The lowest BCUT2D eigenvalue weighted by Crippen LogP contribution is -2.05. The number of halogens is 2. The third-order valence-corrected chi connectivity index (χ3v) is 2.15. The number of rotatable bonds is 2. The summed E-state index contributed by atoms with van der Waals surface area (Å²) in [4.78, 5) is 3.65. The van der Waals surface area contributed by atoms with Crippen molar-refractivity contribution in [3.8, 4) is 0 Å². The van der Waals surface area contributed by atoms with E-state index in [-0.39, 0.29) is 17.5 Å². The maximum absolute atomic E-state index is 13.4. The van der Waals surface area contributed by atoms with Crippen LogP contribution in [0.1, 0.15) is 50.8 Å². The predicted octanol–water partition coefficient (Wildman–Crippen LogP) is 3.61. The van der Waals surface area contributed by atoms with Gasteiger partial charge in [-0.15, -0.1) is 0 Å². The highest BCUT2D eigenvalue weighted by atomic mass is 19.1. The van der Waals surface area contributed by atoms with Gasteiger partial charge in [0.05, 0.1) is 5.69 Å². The highest BCUT2D eigenvalue weighted by Crippen LogP contribution is 2.23. The Morgan fingerprint density at radius 1 is 1.07 bits per heavy atom. The number of hydrogen-bond donors (Lipinski definition) is 0. The molecule has 1 aromatic rings. The van der Waals surface area contributed by atoms with Crippen LogP contribution in [0.25, 0.3) is 0 Å². The first kappa shape index (κ1) is 11.1. The van der Waals surface area contributed by atoms with Crippen molar-refractivity contribution in [2.75, 3.05) is 0 Å². The lowest BCUT2D eigenvalue weighted by Gasteiger charge is -2.11.